The van der Waals surface area contributed by atoms with Crippen LogP contribution in [0.2, 0.25) is 0 Å². The number of carbonyl (C=O) groups is 1. The zero-order valence-corrected chi connectivity index (χ0v) is 16.3. The van der Waals surface area contributed by atoms with E-state index in [0.717, 1.165) is 34.7 Å². The largest absolute Gasteiger partial charge is 0.311 e. The molecule has 26 heavy (non-hydrogen) atoms. The second-order valence-electron chi connectivity index (χ2n) is 6.20. The molecule has 6 nitrogen and oxygen atoms in total. The fourth-order valence-electron chi connectivity index (χ4n) is 3.01. The molecule has 0 bridgehead atoms. The number of fused-ring (bicyclic) bond motifs is 2. The molecule has 0 spiro atoms. The molecule has 0 saturated heterocycles. The van der Waals surface area contributed by atoms with Gasteiger partial charge in [-0.3, -0.25) is 9.48 Å². The number of anilines is 1. The molecule has 1 aliphatic heterocycles. The van der Waals surface area contributed by atoms with E-state index in [2.05, 4.69) is 28.1 Å². The van der Waals surface area contributed by atoms with Crippen LogP contribution in [-0.2, 0) is 11.8 Å². The zero-order valence-electron chi connectivity index (χ0n) is 14.6. The van der Waals surface area contributed by atoms with E-state index in [1.54, 1.807) is 10.9 Å². The van der Waals surface area contributed by atoms with Gasteiger partial charge in [-0.05, 0) is 18.6 Å². The summed E-state index contributed by atoms with van der Waals surface area (Å²) in [7, 11) is 1.85. The van der Waals surface area contributed by atoms with Crippen LogP contribution in [0.1, 0.15) is 13.3 Å². The summed E-state index contributed by atoms with van der Waals surface area (Å²) in [4.78, 5) is 24.6. The van der Waals surface area contributed by atoms with Gasteiger partial charge in [-0.1, -0.05) is 30.8 Å². The highest BCUT2D eigenvalue weighted by Gasteiger charge is 2.24. The minimum absolute atomic E-state index is 0.104. The maximum absolute atomic E-state index is 13.0. The van der Waals surface area contributed by atoms with E-state index in [1.165, 1.54) is 23.0 Å². The lowest BCUT2D eigenvalue weighted by Gasteiger charge is -2.22. The molecule has 8 heteroatoms. The third-order valence-electron chi connectivity index (χ3n) is 4.37. The van der Waals surface area contributed by atoms with Crippen LogP contribution >= 0.6 is 23.5 Å². The van der Waals surface area contributed by atoms with Crippen LogP contribution in [0.15, 0.2) is 46.7 Å². The minimum atomic E-state index is 0.104. The van der Waals surface area contributed by atoms with E-state index in [-0.39, 0.29) is 5.91 Å². The fourth-order valence-corrected chi connectivity index (χ4v) is 4.96. The molecule has 0 saturated carbocycles. The van der Waals surface area contributed by atoms with Crippen LogP contribution in [-0.4, -0.2) is 43.2 Å². The van der Waals surface area contributed by atoms with Crippen molar-refractivity contribution in [1.82, 2.24) is 19.7 Å². The topological polar surface area (TPSA) is 63.9 Å². The van der Waals surface area contributed by atoms with E-state index < -0.39 is 0 Å². The van der Waals surface area contributed by atoms with Crippen LogP contribution in [0.4, 0.5) is 5.69 Å². The quantitative estimate of drug-likeness (QED) is 0.509. The maximum Gasteiger partial charge on any atom is 0.237 e. The number of nitrogens with zero attached hydrogens (tertiary/aromatic N) is 5. The predicted octanol–water partition coefficient (Wildman–Crippen LogP) is 3.37. The molecule has 2 aromatic heterocycles. The monoisotopic (exact) mass is 385 g/mol. The summed E-state index contributed by atoms with van der Waals surface area (Å²) in [6, 6.07) is 8.15. The van der Waals surface area contributed by atoms with E-state index in [9.17, 15) is 4.79 Å². The van der Waals surface area contributed by atoms with Crippen molar-refractivity contribution in [3.63, 3.8) is 0 Å². The van der Waals surface area contributed by atoms with Crippen LogP contribution in [0, 0.1) is 0 Å². The Hall–Kier alpha value is -2.06. The summed E-state index contributed by atoms with van der Waals surface area (Å²) in [5, 5.41) is 6.40. The molecule has 1 amide bonds. The van der Waals surface area contributed by atoms with E-state index in [1.807, 2.05) is 41.9 Å². The number of hydrogen-bond donors (Lipinski definition) is 0. The molecule has 0 radical (unpaired) electrons. The highest BCUT2D eigenvalue weighted by molar-refractivity contribution is 8.00. The molecule has 1 unspecified atom stereocenters. The van der Waals surface area contributed by atoms with Crippen LogP contribution in [0.25, 0.3) is 11.0 Å². The van der Waals surface area contributed by atoms with Crippen molar-refractivity contribution < 1.29 is 4.79 Å². The number of hydrogen-bond acceptors (Lipinski definition) is 6. The van der Waals surface area contributed by atoms with Gasteiger partial charge in [0.05, 0.1) is 23.0 Å². The van der Waals surface area contributed by atoms with E-state index in [0.29, 0.717) is 11.0 Å². The number of benzene rings is 1. The number of aryl methyl sites for hydroxylation is 1. The third kappa shape index (κ3) is 3.31. The highest BCUT2D eigenvalue weighted by atomic mass is 32.2. The SMILES string of the molecule is CC1CCN(C(=O)CSc2ncnc3c2cnn3C)c2ccccc2S1. The average molecular weight is 386 g/mol. The van der Waals surface area contributed by atoms with Gasteiger partial charge in [-0.15, -0.1) is 11.8 Å². The first-order valence-corrected chi connectivity index (χ1v) is 10.3. The molecule has 1 aromatic carbocycles. The number of rotatable bonds is 3. The molecule has 3 aromatic rings. The highest BCUT2D eigenvalue weighted by Crippen LogP contribution is 2.37. The summed E-state index contributed by atoms with van der Waals surface area (Å²) in [6.45, 7) is 2.96. The molecule has 134 valence electrons. The summed E-state index contributed by atoms with van der Waals surface area (Å²) in [5.41, 5.74) is 1.79. The molecule has 0 N–H and O–H groups in total. The van der Waals surface area contributed by atoms with Gasteiger partial charge in [-0.25, -0.2) is 9.97 Å². The molecular formula is C18H19N5OS2. The molecule has 1 atom stereocenters. The van der Waals surface area contributed by atoms with E-state index >= 15 is 0 Å². The second kappa shape index (κ2) is 7.28. The van der Waals surface area contributed by atoms with Crippen molar-refractivity contribution in [2.75, 3.05) is 17.2 Å². The van der Waals surface area contributed by atoms with Gasteiger partial charge < -0.3 is 4.90 Å². The molecule has 0 fully saturated rings. The number of para-hydroxylation sites is 1. The first-order chi connectivity index (χ1) is 12.6. The normalized spacial score (nSPS) is 17.2. The van der Waals surface area contributed by atoms with Crippen LogP contribution in [0.5, 0.6) is 0 Å². The fraction of sp³-hybridized carbons (Fsp3) is 0.333. The third-order valence-corrected chi connectivity index (χ3v) is 6.60. The van der Waals surface area contributed by atoms with Crippen molar-refractivity contribution in [1.29, 1.82) is 0 Å². The summed E-state index contributed by atoms with van der Waals surface area (Å²) >= 11 is 3.29. The Bertz CT molecular complexity index is 958. The number of thioether (sulfide) groups is 2. The van der Waals surface area contributed by atoms with Crippen molar-refractivity contribution >= 4 is 46.2 Å². The number of aromatic nitrogens is 4. The first kappa shape index (κ1) is 17.4. The van der Waals surface area contributed by atoms with Crippen molar-refractivity contribution in [2.24, 2.45) is 7.05 Å². The molecule has 3 heterocycles. The van der Waals surface area contributed by atoms with E-state index in [4.69, 9.17) is 0 Å². The minimum Gasteiger partial charge on any atom is -0.311 e. The second-order valence-corrected chi connectivity index (χ2v) is 8.65. The lowest BCUT2D eigenvalue weighted by atomic mass is 10.2. The lowest BCUT2D eigenvalue weighted by molar-refractivity contribution is -0.116. The average Bonchev–Trinajstić information content (AvgIpc) is 2.93. The van der Waals surface area contributed by atoms with Gasteiger partial charge in [0.1, 0.15) is 11.4 Å². The van der Waals surface area contributed by atoms with Gasteiger partial charge in [0.25, 0.3) is 0 Å². The van der Waals surface area contributed by atoms with Crippen LogP contribution in [0.3, 0.4) is 0 Å². The maximum atomic E-state index is 13.0. The van der Waals surface area contributed by atoms with Gasteiger partial charge in [0.2, 0.25) is 5.91 Å². The standard InChI is InChI=1S/C18H19N5OS2/c1-12-7-8-23(14-5-3-4-6-15(14)26-12)16(24)10-25-18-13-9-21-22(2)17(13)19-11-20-18/h3-6,9,11-12H,7-8,10H2,1-2H3. The molecule has 4 rings (SSSR count). The Balaban J connectivity index is 1.55. The zero-order chi connectivity index (χ0) is 18.1. The van der Waals surface area contributed by atoms with Crippen molar-refractivity contribution in [3.05, 3.63) is 36.8 Å². The Labute approximate surface area is 160 Å². The molecular weight excluding hydrogens is 366 g/mol. The van der Waals surface area contributed by atoms with Gasteiger partial charge in [-0.2, -0.15) is 5.10 Å². The molecule has 0 aliphatic carbocycles. The van der Waals surface area contributed by atoms with Gasteiger partial charge in [0.15, 0.2) is 5.65 Å². The first-order valence-electron chi connectivity index (χ1n) is 8.45. The van der Waals surface area contributed by atoms with Gasteiger partial charge >= 0.3 is 0 Å². The smallest absolute Gasteiger partial charge is 0.237 e. The Morgan fingerprint density at radius 2 is 2.19 bits per heavy atom. The predicted molar refractivity (Wildman–Crippen MR) is 106 cm³/mol. The Morgan fingerprint density at radius 1 is 1.35 bits per heavy atom. The van der Waals surface area contributed by atoms with Crippen LogP contribution < -0.4 is 4.90 Å². The number of carbonyl (C=O) groups excluding carboxylic acids is 1. The molecule has 1 aliphatic rings. The number of amides is 1. The lowest BCUT2D eigenvalue weighted by Crippen LogP contribution is -2.33. The van der Waals surface area contributed by atoms with Gasteiger partial charge in [0, 0.05) is 23.7 Å². The Kier molecular flexibility index (Phi) is 4.86. The van der Waals surface area contributed by atoms with Crippen molar-refractivity contribution in [3.8, 4) is 0 Å². The summed E-state index contributed by atoms with van der Waals surface area (Å²) < 4.78 is 1.71. The van der Waals surface area contributed by atoms with Crippen molar-refractivity contribution in [2.45, 2.75) is 28.5 Å². The summed E-state index contributed by atoms with van der Waals surface area (Å²) in [5.74, 6) is 0.446. The Morgan fingerprint density at radius 3 is 3.08 bits per heavy atom. The summed E-state index contributed by atoms with van der Waals surface area (Å²) in [6.07, 6.45) is 4.26.